The van der Waals surface area contributed by atoms with Crippen molar-refractivity contribution in [1.29, 1.82) is 0 Å². The van der Waals surface area contributed by atoms with Crippen molar-refractivity contribution in [3.05, 3.63) is 227 Å². The second-order valence-corrected chi connectivity index (χ2v) is 10.5. The molecule has 198 valence electrons. The normalized spacial score (nSPS) is 12.1. The zero-order valence-electron chi connectivity index (χ0n) is 23.3. The molecule has 0 atom stereocenters. The first-order valence-electron chi connectivity index (χ1n) is 14.5. The number of benzene rings is 6. The van der Waals surface area contributed by atoms with Crippen molar-refractivity contribution in [3.63, 3.8) is 0 Å². The number of rotatable bonds is 6. The minimum atomic E-state index is 1.19. The monoisotopic (exact) mass is 534 g/mol. The molecule has 0 saturated heterocycles. The first kappa shape index (κ1) is 25.5. The molecule has 0 radical (unpaired) electrons. The van der Waals surface area contributed by atoms with E-state index in [1.165, 1.54) is 66.8 Å². The fourth-order valence-electron chi connectivity index (χ4n) is 6.04. The van der Waals surface area contributed by atoms with Crippen molar-refractivity contribution in [2.45, 2.75) is 0 Å². The van der Waals surface area contributed by atoms with Crippen LogP contribution in [0.1, 0.15) is 38.9 Å². The number of allylic oxidation sites excluding steroid dienone is 3. The van der Waals surface area contributed by atoms with Crippen LogP contribution in [-0.4, -0.2) is 0 Å². The van der Waals surface area contributed by atoms with Gasteiger partial charge < -0.3 is 0 Å². The van der Waals surface area contributed by atoms with Gasteiger partial charge in [-0.3, -0.25) is 0 Å². The van der Waals surface area contributed by atoms with E-state index in [1.807, 2.05) is 0 Å². The Hall–Kier alpha value is -5.46. The molecule has 0 saturated carbocycles. The molecule has 0 N–H and O–H groups in total. The van der Waals surface area contributed by atoms with Crippen molar-refractivity contribution >= 4 is 22.3 Å². The molecule has 0 unspecified atom stereocenters. The number of hydrogen-bond donors (Lipinski definition) is 0. The van der Waals surface area contributed by atoms with Gasteiger partial charge in [0.05, 0.1) is 0 Å². The van der Waals surface area contributed by atoms with Crippen LogP contribution in [-0.2, 0) is 0 Å². The first-order chi connectivity index (χ1) is 20.9. The Morgan fingerprint density at radius 1 is 0.357 bits per heavy atom. The fourth-order valence-corrected chi connectivity index (χ4v) is 6.04. The maximum Gasteiger partial charge on any atom is -0.00139 e. The highest BCUT2D eigenvalue weighted by atomic mass is 14.3. The van der Waals surface area contributed by atoms with E-state index in [2.05, 4.69) is 182 Å². The van der Waals surface area contributed by atoms with Gasteiger partial charge in [-0.2, -0.15) is 0 Å². The molecule has 1 aliphatic rings. The zero-order chi connectivity index (χ0) is 28.1. The van der Waals surface area contributed by atoms with Crippen LogP contribution < -0.4 is 0 Å². The van der Waals surface area contributed by atoms with Gasteiger partial charge >= 0.3 is 0 Å². The predicted octanol–water partition coefficient (Wildman–Crippen LogP) is 10.6. The Kier molecular flexibility index (Phi) is 7.02. The number of fused-ring (bicyclic) bond motifs is 1. The lowest BCUT2D eigenvalue weighted by atomic mass is 9.86. The van der Waals surface area contributed by atoms with Gasteiger partial charge in [0.15, 0.2) is 0 Å². The smallest absolute Gasteiger partial charge is 0.00139 e. The van der Waals surface area contributed by atoms with Crippen LogP contribution >= 0.6 is 0 Å². The van der Waals surface area contributed by atoms with Crippen molar-refractivity contribution < 1.29 is 0 Å². The summed E-state index contributed by atoms with van der Waals surface area (Å²) >= 11 is 0. The molecule has 0 spiro atoms. The second-order valence-electron chi connectivity index (χ2n) is 10.5. The third-order valence-corrected chi connectivity index (χ3v) is 7.90. The summed E-state index contributed by atoms with van der Waals surface area (Å²) in [6.45, 7) is 0. The Balaban J connectivity index is 1.65. The molecule has 0 fully saturated rings. The molecule has 6 aromatic rings. The Bertz CT molecular complexity index is 1830. The fraction of sp³-hybridized carbons (Fsp3) is 0. The Labute approximate surface area is 248 Å². The summed E-state index contributed by atoms with van der Waals surface area (Å²) in [5.74, 6) is 0. The van der Waals surface area contributed by atoms with Gasteiger partial charge in [0.1, 0.15) is 0 Å². The van der Waals surface area contributed by atoms with Crippen LogP contribution in [0.4, 0.5) is 0 Å². The van der Waals surface area contributed by atoms with E-state index in [0.717, 1.165) is 0 Å². The summed E-state index contributed by atoms with van der Waals surface area (Å²) in [5, 5.41) is 0. The molecule has 0 nitrogen and oxygen atoms in total. The van der Waals surface area contributed by atoms with Crippen LogP contribution in [0.25, 0.3) is 22.3 Å². The summed E-state index contributed by atoms with van der Waals surface area (Å²) in [7, 11) is 0. The molecule has 0 aliphatic heterocycles. The zero-order valence-corrected chi connectivity index (χ0v) is 23.3. The minimum Gasteiger partial charge on any atom is -0.0622 e. The van der Waals surface area contributed by atoms with Crippen LogP contribution in [0.15, 0.2) is 188 Å². The molecule has 42 heavy (non-hydrogen) atoms. The highest BCUT2D eigenvalue weighted by Gasteiger charge is 2.30. The summed E-state index contributed by atoms with van der Waals surface area (Å²) in [6.07, 6.45) is 2.42. The van der Waals surface area contributed by atoms with E-state index in [0.29, 0.717) is 0 Å². The summed E-state index contributed by atoms with van der Waals surface area (Å²) in [4.78, 5) is 0. The van der Waals surface area contributed by atoms with E-state index < -0.39 is 0 Å². The lowest BCUT2D eigenvalue weighted by molar-refractivity contribution is 1.52. The van der Waals surface area contributed by atoms with Crippen molar-refractivity contribution in [1.82, 2.24) is 0 Å². The molecular weight excluding hydrogens is 504 g/mol. The molecule has 7 rings (SSSR count). The molecule has 0 amide bonds. The maximum atomic E-state index is 2.42. The highest BCUT2D eigenvalue weighted by Crippen LogP contribution is 2.50. The molecule has 6 aromatic carbocycles. The highest BCUT2D eigenvalue weighted by molar-refractivity contribution is 6.17. The molecule has 1 aliphatic carbocycles. The van der Waals surface area contributed by atoms with E-state index in [-0.39, 0.29) is 0 Å². The molecule has 0 aromatic heterocycles. The third-order valence-electron chi connectivity index (χ3n) is 7.90. The van der Waals surface area contributed by atoms with Gasteiger partial charge in [-0.05, 0) is 72.9 Å². The second kappa shape index (κ2) is 11.6. The average Bonchev–Trinajstić information content (AvgIpc) is 3.39. The first-order valence-corrected chi connectivity index (χ1v) is 14.5. The topological polar surface area (TPSA) is 0 Å². The standard InChI is InChI=1S/C42H30/c1-6-18-31(19-7-1)38(32-20-8-2-9-21-32)30-39-41(35-26-14-5-15-27-35)36-28-16-17-29-37(36)42(39)40(33-22-10-3-11-23-33)34-24-12-4-13-25-34/h1-30H. The van der Waals surface area contributed by atoms with Gasteiger partial charge in [-0.1, -0.05) is 176 Å². The summed E-state index contributed by atoms with van der Waals surface area (Å²) in [5.41, 5.74) is 14.7. The Morgan fingerprint density at radius 3 is 1.21 bits per heavy atom. The Morgan fingerprint density at radius 2 is 0.738 bits per heavy atom. The van der Waals surface area contributed by atoms with Gasteiger partial charge in [0.2, 0.25) is 0 Å². The quantitative estimate of drug-likeness (QED) is 0.199. The van der Waals surface area contributed by atoms with E-state index in [1.54, 1.807) is 0 Å². The van der Waals surface area contributed by atoms with E-state index in [4.69, 9.17) is 0 Å². The largest absolute Gasteiger partial charge is 0.0622 e. The van der Waals surface area contributed by atoms with Crippen LogP contribution in [0, 0.1) is 0 Å². The summed E-state index contributed by atoms with van der Waals surface area (Å²) < 4.78 is 0. The van der Waals surface area contributed by atoms with Crippen LogP contribution in [0.5, 0.6) is 0 Å². The lowest BCUT2D eigenvalue weighted by Crippen LogP contribution is -1.97. The van der Waals surface area contributed by atoms with Crippen molar-refractivity contribution in [2.24, 2.45) is 0 Å². The minimum absolute atomic E-state index is 1.19. The summed E-state index contributed by atoms with van der Waals surface area (Å²) in [6, 6.07) is 62.9. The average molecular weight is 535 g/mol. The van der Waals surface area contributed by atoms with E-state index >= 15 is 0 Å². The lowest BCUT2D eigenvalue weighted by Gasteiger charge is -2.17. The molecular formula is C42H30. The van der Waals surface area contributed by atoms with E-state index in [9.17, 15) is 0 Å². The van der Waals surface area contributed by atoms with Gasteiger partial charge in [0.25, 0.3) is 0 Å². The molecule has 0 heteroatoms. The van der Waals surface area contributed by atoms with Gasteiger partial charge in [-0.25, -0.2) is 0 Å². The SMILES string of the molecule is C(=C(c1ccccc1)c1ccccc1)C1=C(c2ccccc2)c2ccccc2C1=C(c1ccccc1)c1ccccc1. The molecule has 0 bridgehead atoms. The van der Waals surface area contributed by atoms with Crippen molar-refractivity contribution in [2.75, 3.05) is 0 Å². The maximum absolute atomic E-state index is 2.42. The van der Waals surface area contributed by atoms with Crippen molar-refractivity contribution in [3.8, 4) is 0 Å². The van der Waals surface area contributed by atoms with Crippen LogP contribution in [0.2, 0.25) is 0 Å². The number of hydrogen-bond acceptors (Lipinski definition) is 0. The predicted molar refractivity (Wildman–Crippen MR) is 178 cm³/mol. The van der Waals surface area contributed by atoms with Crippen LogP contribution in [0.3, 0.4) is 0 Å². The van der Waals surface area contributed by atoms with Gasteiger partial charge in [0, 0.05) is 0 Å². The van der Waals surface area contributed by atoms with Gasteiger partial charge in [-0.15, -0.1) is 0 Å². The third kappa shape index (κ3) is 4.85. The molecule has 0 heterocycles.